The molecule has 6 heteroatoms. The van der Waals surface area contributed by atoms with Crippen LogP contribution in [0.3, 0.4) is 0 Å². The Kier molecular flexibility index (Phi) is 6.69. The van der Waals surface area contributed by atoms with Crippen molar-refractivity contribution in [3.63, 3.8) is 0 Å². The number of benzene rings is 1. The summed E-state index contributed by atoms with van der Waals surface area (Å²) in [6.07, 6.45) is 0. The van der Waals surface area contributed by atoms with E-state index in [2.05, 4.69) is 10.6 Å². The minimum atomic E-state index is -0.261. The number of furan rings is 1. The van der Waals surface area contributed by atoms with Gasteiger partial charge in [0.2, 0.25) is 0 Å². The largest absolute Gasteiger partial charge is 0.491 e. The van der Waals surface area contributed by atoms with E-state index in [9.17, 15) is 4.79 Å². The molecule has 2 N–H and O–H groups in total. The van der Waals surface area contributed by atoms with Crippen LogP contribution in [0.25, 0.3) is 0 Å². The number of amides is 2. The van der Waals surface area contributed by atoms with Crippen molar-refractivity contribution >= 4 is 6.03 Å². The van der Waals surface area contributed by atoms with Gasteiger partial charge in [-0.2, -0.15) is 0 Å². The molecular formula is C18H24N2O4. The number of urea groups is 1. The second kappa shape index (κ2) is 8.98. The Morgan fingerprint density at radius 3 is 2.71 bits per heavy atom. The number of hydrogen-bond donors (Lipinski definition) is 2. The fraction of sp³-hybridized carbons (Fsp3) is 0.389. The van der Waals surface area contributed by atoms with Crippen molar-refractivity contribution in [3.05, 3.63) is 53.5 Å². The third-order valence-electron chi connectivity index (χ3n) is 3.49. The van der Waals surface area contributed by atoms with E-state index in [1.807, 2.05) is 50.2 Å². The van der Waals surface area contributed by atoms with Crippen LogP contribution in [0.4, 0.5) is 4.79 Å². The van der Waals surface area contributed by atoms with Gasteiger partial charge in [-0.1, -0.05) is 18.2 Å². The molecule has 0 saturated heterocycles. The van der Waals surface area contributed by atoms with Crippen molar-refractivity contribution in [2.75, 3.05) is 20.3 Å². The number of ether oxygens (including phenoxy) is 2. The summed E-state index contributed by atoms with van der Waals surface area (Å²) in [4.78, 5) is 12.1. The Balaban J connectivity index is 1.85. The zero-order chi connectivity index (χ0) is 17.4. The summed E-state index contributed by atoms with van der Waals surface area (Å²) in [6.45, 7) is 5.10. The van der Waals surface area contributed by atoms with Gasteiger partial charge in [0.1, 0.15) is 23.9 Å². The lowest BCUT2D eigenvalue weighted by Gasteiger charge is -2.14. The van der Waals surface area contributed by atoms with Crippen molar-refractivity contribution in [2.45, 2.75) is 26.4 Å². The smallest absolute Gasteiger partial charge is 0.315 e. The van der Waals surface area contributed by atoms with E-state index in [4.69, 9.17) is 13.9 Å². The van der Waals surface area contributed by atoms with Gasteiger partial charge in [0, 0.05) is 19.2 Å². The maximum absolute atomic E-state index is 12.1. The molecule has 0 spiro atoms. The van der Waals surface area contributed by atoms with Crippen LogP contribution in [0, 0.1) is 6.92 Å². The number of carbonyl (C=O) groups excluding carboxylic acids is 1. The van der Waals surface area contributed by atoms with Crippen molar-refractivity contribution < 1.29 is 18.7 Å². The summed E-state index contributed by atoms with van der Waals surface area (Å²) in [5, 5.41) is 5.68. The number of hydrogen-bond acceptors (Lipinski definition) is 4. The van der Waals surface area contributed by atoms with Crippen LogP contribution in [0.5, 0.6) is 5.75 Å². The number of nitrogens with one attached hydrogen (secondary N) is 2. The molecule has 2 rings (SSSR count). The average Bonchev–Trinajstić information content (AvgIpc) is 3.01. The van der Waals surface area contributed by atoms with Gasteiger partial charge >= 0.3 is 6.03 Å². The minimum Gasteiger partial charge on any atom is -0.491 e. The Morgan fingerprint density at radius 1 is 1.21 bits per heavy atom. The van der Waals surface area contributed by atoms with Gasteiger partial charge < -0.3 is 24.5 Å². The maximum atomic E-state index is 12.1. The van der Waals surface area contributed by atoms with Crippen LogP contribution in [-0.4, -0.2) is 26.4 Å². The highest BCUT2D eigenvalue weighted by atomic mass is 16.5. The third kappa shape index (κ3) is 5.31. The second-order valence-corrected chi connectivity index (χ2v) is 5.45. The zero-order valence-electron chi connectivity index (χ0n) is 14.3. The molecule has 24 heavy (non-hydrogen) atoms. The number of aryl methyl sites for hydroxylation is 1. The summed E-state index contributed by atoms with van der Waals surface area (Å²) in [6, 6.07) is 10.9. The number of carbonyl (C=O) groups is 1. The molecule has 0 saturated carbocycles. The molecule has 1 aromatic heterocycles. The highest BCUT2D eigenvalue weighted by molar-refractivity contribution is 5.74. The van der Waals surface area contributed by atoms with Gasteiger partial charge in [0.05, 0.1) is 12.6 Å². The molecule has 0 unspecified atom stereocenters. The maximum Gasteiger partial charge on any atom is 0.315 e. The fourth-order valence-electron chi connectivity index (χ4n) is 2.21. The van der Waals surface area contributed by atoms with E-state index in [0.29, 0.717) is 19.8 Å². The Labute approximate surface area is 142 Å². The fourth-order valence-corrected chi connectivity index (χ4v) is 2.21. The number of rotatable bonds is 8. The monoisotopic (exact) mass is 332 g/mol. The van der Waals surface area contributed by atoms with Crippen molar-refractivity contribution in [1.82, 2.24) is 10.6 Å². The molecule has 130 valence electrons. The van der Waals surface area contributed by atoms with E-state index >= 15 is 0 Å². The molecule has 0 fully saturated rings. The van der Waals surface area contributed by atoms with Crippen LogP contribution in [-0.2, 0) is 11.3 Å². The van der Waals surface area contributed by atoms with Gasteiger partial charge in [-0.3, -0.25) is 0 Å². The SMILES string of the molecule is COCCOc1ccccc1CNC(=O)N[C@@H](C)c1ccc(C)o1. The molecule has 0 bridgehead atoms. The molecule has 6 nitrogen and oxygen atoms in total. The summed E-state index contributed by atoms with van der Waals surface area (Å²) >= 11 is 0. The first-order valence-electron chi connectivity index (χ1n) is 7.90. The summed E-state index contributed by atoms with van der Waals surface area (Å²) in [5.74, 6) is 2.29. The zero-order valence-corrected chi connectivity index (χ0v) is 14.3. The summed E-state index contributed by atoms with van der Waals surface area (Å²) < 4.78 is 16.1. The lowest BCUT2D eigenvalue weighted by molar-refractivity contribution is 0.145. The van der Waals surface area contributed by atoms with E-state index in [1.165, 1.54) is 0 Å². The Bertz CT molecular complexity index is 654. The van der Waals surface area contributed by atoms with Gasteiger partial charge in [-0.05, 0) is 32.0 Å². The molecule has 0 aliphatic carbocycles. The minimum absolute atomic E-state index is 0.202. The highest BCUT2D eigenvalue weighted by Gasteiger charge is 2.13. The van der Waals surface area contributed by atoms with Gasteiger partial charge in [-0.15, -0.1) is 0 Å². The summed E-state index contributed by atoms with van der Waals surface area (Å²) in [5.41, 5.74) is 0.908. The molecule has 0 aliphatic heterocycles. The van der Waals surface area contributed by atoms with Crippen LogP contribution in [0.15, 0.2) is 40.8 Å². The van der Waals surface area contributed by atoms with E-state index < -0.39 is 0 Å². The standard InChI is InChI=1S/C18H24N2O4/c1-13-8-9-16(24-13)14(2)20-18(21)19-12-15-6-4-5-7-17(15)23-11-10-22-3/h4-9,14H,10-12H2,1-3H3,(H2,19,20,21)/t14-/m0/s1. The predicted octanol–water partition coefficient (Wildman–Crippen LogP) is 3.17. The quantitative estimate of drug-likeness (QED) is 0.728. The molecule has 2 aromatic rings. The Hall–Kier alpha value is -2.47. The number of methoxy groups -OCH3 is 1. The van der Waals surface area contributed by atoms with Crippen molar-refractivity contribution in [2.24, 2.45) is 0 Å². The van der Waals surface area contributed by atoms with Gasteiger partial charge in [0.15, 0.2) is 0 Å². The first-order chi connectivity index (χ1) is 11.6. The molecule has 1 aromatic carbocycles. The number of para-hydroxylation sites is 1. The van der Waals surface area contributed by atoms with Crippen molar-refractivity contribution in [1.29, 1.82) is 0 Å². The first-order valence-corrected chi connectivity index (χ1v) is 7.90. The second-order valence-electron chi connectivity index (χ2n) is 5.45. The Morgan fingerprint density at radius 2 is 2.00 bits per heavy atom. The molecule has 1 heterocycles. The van der Waals surface area contributed by atoms with E-state index in [1.54, 1.807) is 7.11 Å². The van der Waals surface area contributed by atoms with Crippen LogP contribution >= 0.6 is 0 Å². The molecule has 0 radical (unpaired) electrons. The lowest BCUT2D eigenvalue weighted by Crippen LogP contribution is -2.36. The summed E-state index contributed by atoms with van der Waals surface area (Å²) in [7, 11) is 1.63. The molecule has 1 atom stereocenters. The van der Waals surface area contributed by atoms with E-state index in [-0.39, 0.29) is 12.1 Å². The highest BCUT2D eigenvalue weighted by Crippen LogP contribution is 2.18. The third-order valence-corrected chi connectivity index (χ3v) is 3.49. The average molecular weight is 332 g/mol. The normalized spacial score (nSPS) is 11.8. The van der Waals surface area contributed by atoms with Gasteiger partial charge in [0.25, 0.3) is 0 Å². The first kappa shape index (κ1) is 17.9. The van der Waals surface area contributed by atoms with Crippen LogP contribution in [0.1, 0.15) is 30.0 Å². The lowest BCUT2D eigenvalue weighted by atomic mass is 10.2. The topological polar surface area (TPSA) is 72.7 Å². The van der Waals surface area contributed by atoms with E-state index in [0.717, 1.165) is 22.8 Å². The molecule has 0 aliphatic rings. The van der Waals surface area contributed by atoms with Crippen molar-refractivity contribution in [3.8, 4) is 5.75 Å². The van der Waals surface area contributed by atoms with Gasteiger partial charge in [-0.25, -0.2) is 4.79 Å². The molecule has 2 amide bonds. The van der Waals surface area contributed by atoms with Crippen LogP contribution < -0.4 is 15.4 Å². The predicted molar refractivity (Wildman–Crippen MR) is 91.0 cm³/mol. The van der Waals surface area contributed by atoms with Crippen LogP contribution in [0.2, 0.25) is 0 Å². The molecular weight excluding hydrogens is 308 g/mol.